The number of rotatable bonds is 7. The molecule has 0 bridgehead atoms. The highest BCUT2D eigenvalue weighted by Gasteiger charge is 2.17. The largest absolute Gasteiger partial charge is 0.441 e. The van der Waals surface area contributed by atoms with Gasteiger partial charge in [-0.15, -0.1) is 10.2 Å². The van der Waals surface area contributed by atoms with Crippen LogP contribution >= 0.6 is 11.8 Å². The molecule has 0 radical (unpaired) electrons. The molecule has 3 aromatic heterocycles. The van der Waals surface area contributed by atoms with Crippen LogP contribution in [0, 0.1) is 6.92 Å². The second-order valence-corrected chi connectivity index (χ2v) is 8.24. The highest BCUT2D eigenvalue weighted by Crippen LogP contribution is 2.29. The number of thioether (sulfide) groups is 1. The van der Waals surface area contributed by atoms with E-state index < -0.39 is 0 Å². The molecule has 7 heteroatoms. The number of aromatic nitrogens is 5. The van der Waals surface area contributed by atoms with Crippen LogP contribution in [-0.4, -0.2) is 24.7 Å². The molecular formula is C25H21N5OS. The minimum absolute atomic E-state index is 0.639. The first kappa shape index (κ1) is 20.2. The van der Waals surface area contributed by atoms with Crippen LogP contribution in [0.15, 0.2) is 94.8 Å². The van der Waals surface area contributed by atoms with Gasteiger partial charge in [0, 0.05) is 29.3 Å². The second kappa shape index (κ2) is 9.20. The van der Waals surface area contributed by atoms with Crippen LogP contribution < -0.4 is 0 Å². The molecule has 0 saturated heterocycles. The SMILES string of the molecule is Cc1oc(-c2ccccc2)nc1CSc1nnc(-c2cccnc2)n1Cc1ccccc1. The summed E-state index contributed by atoms with van der Waals surface area (Å²) in [5.74, 6) is 2.90. The Kier molecular flexibility index (Phi) is 5.81. The number of aryl methyl sites for hydroxylation is 1. The quantitative estimate of drug-likeness (QED) is 0.306. The summed E-state index contributed by atoms with van der Waals surface area (Å²) in [6.07, 6.45) is 3.57. The van der Waals surface area contributed by atoms with Crippen molar-refractivity contribution in [3.05, 3.63) is 102 Å². The van der Waals surface area contributed by atoms with Crippen LogP contribution in [0.25, 0.3) is 22.8 Å². The lowest BCUT2D eigenvalue weighted by Crippen LogP contribution is -2.04. The number of oxazole rings is 1. The standard InChI is InChI=1S/C25H21N5OS/c1-18-22(27-24(31-18)20-11-6-3-7-12-20)17-32-25-29-28-23(21-13-8-14-26-15-21)30(25)16-19-9-4-2-5-10-19/h2-15H,16-17H2,1H3. The van der Waals surface area contributed by atoms with E-state index in [-0.39, 0.29) is 0 Å². The lowest BCUT2D eigenvalue weighted by atomic mass is 10.2. The van der Waals surface area contributed by atoms with Crippen molar-refractivity contribution in [2.45, 2.75) is 24.4 Å². The molecule has 32 heavy (non-hydrogen) atoms. The second-order valence-electron chi connectivity index (χ2n) is 7.30. The van der Waals surface area contributed by atoms with Crippen molar-refractivity contribution in [3.63, 3.8) is 0 Å². The van der Waals surface area contributed by atoms with Gasteiger partial charge in [0.25, 0.3) is 0 Å². The lowest BCUT2D eigenvalue weighted by Gasteiger charge is -2.10. The molecule has 0 fully saturated rings. The Morgan fingerprint density at radius 2 is 1.62 bits per heavy atom. The third kappa shape index (κ3) is 4.33. The molecule has 0 aliphatic heterocycles. The summed E-state index contributed by atoms with van der Waals surface area (Å²) in [5, 5.41) is 9.80. The molecule has 0 unspecified atom stereocenters. The Hall–Kier alpha value is -3.71. The molecule has 5 rings (SSSR count). The van der Waals surface area contributed by atoms with Gasteiger partial charge in [-0.2, -0.15) is 0 Å². The van der Waals surface area contributed by atoms with E-state index in [2.05, 4.69) is 31.9 Å². The Bertz CT molecular complexity index is 1300. The van der Waals surface area contributed by atoms with Crippen LogP contribution in [0.4, 0.5) is 0 Å². The highest BCUT2D eigenvalue weighted by atomic mass is 32.2. The van der Waals surface area contributed by atoms with E-state index in [0.29, 0.717) is 18.2 Å². The highest BCUT2D eigenvalue weighted by molar-refractivity contribution is 7.98. The monoisotopic (exact) mass is 439 g/mol. The molecule has 2 aromatic carbocycles. The van der Waals surface area contributed by atoms with E-state index >= 15 is 0 Å². The number of hydrogen-bond donors (Lipinski definition) is 0. The summed E-state index contributed by atoms with van der Waals surface area (Å²) in [7, 11) is 0. The number of pyridine rings is 1. The first-order valence-electron chi connectivity index (χ1n) is 10.3. The summed E-state index contributed by atoms with van der Waals surface area (Å²) < 4.78 is 8.04. The van der Waals surface area contributed by atoms with Gasteiger partial charge in [-0.05, 0) is 36.8 Å². The number of benzene rings is 2. The predicted molar refractivity (Wildman–Crippen MR) is 125 cm³/mol. The van der Waals surface area contributed by atoms with E-state index in [4.69, 9.17) is 9.40 Å². The number of nitrogens with zero attached hydrogens (tertiary/aromatic N) is 5. The van der Waals surface area contributed by atoms with Gasteiger partial charge in [0.15, 0.2) is 11.0 Å². The smallest absolute Gasteiger partial charge is 0.226 e. The minimum atomic E-state index is 0.639. The van der Waals surface area contributed by atoms with Gasteiger partial charge >= 0.3 is 0 Å². The van der Waals surface area contributed by atoms with Crippen LogP contribution in [-0.2, 0) is 12.3 Å². The van der Waals surface area contributed by atoms with Crippen LogP contribution in [0.5, 0.6) is 0 Å². The summed E-state index contributed by atoms with van der Waals surface area (Å²) >= 11 is 1.60. The molecule has 0 atom stereocenters. The summed E-state index contributed by atoms with van der Waals surface area (Å²) in [5.41, 5.74) is 4.00. The maximum atomic E-state index is 5.91. The zero-order chi connectivity index (χ0) is 21.8. The van der Waals surface area contributed by atoms with Crippen LogP contribution in [0.2, 0.25) is 0 Å². The molecule has 0 spiro atoms. The predicted octanol–water partition coefficient (Wildman–Crippen LogP) is 5.64. The average molecular weight is 440 g/mol. The van der Waals surface area contributed by atoms with Crippen molar-refractivity contribution < 1.29 is 4.42 Å². The normalized spacial score (nSPS) is 11.0. The zero-order valence-corrected chi connectivity index (χ0v) is 18.4. The number of hydrogen-bond acceptors (Lipinski definition) is 6. The van der Waals surface area contributed by atoms with Crippen molar-refractivity contribution in [1.82, 2.24) is 24.7 Å². The molecule has 0 amide bonds. The van der Waals surface area contributed by atoms with Gasteiger partial charge in [-0.25, -0.2) is 4.98 Å². The van der Waals surface area contributed by atoms with E-state index in [1.54, 1.807) is 18.0 Å². The molecule has 0 aliphatic carbocycles. The molecule has 6 nitrogen and oxygen atoms in total. The maximum Gasteiger partial charge on any atom is 0.226 e. The lowest BCUT2D eigenvalue weighted by molar-refractivity contribution is 0.540. The zero-order valence-electron chi connectivity index (χ0n) is 17.5. The Morgan fingerprint density at radius 1 is 0.875 bits per heavy atom. The fraction of sp³-hybridized carbons (Fsp3) is 0.120. The Labute approximate surface area is 190 Å². The van der Waals surface area contributed by atoms with Gasteiger partial charge in [0.2, 0.25) is 5.89 Å². The molecule has 158 valence electrons. The van der Waals surface area contributed by atoms with Crippen molar-refractivity contribution in [2.24, 2.45) is 0 Å². The van der Waals surface area contributed by atoms with E-state index in [9.17, 15) is 0 Å². The molecule has 0 saturated carbocycles. The van der Waals surface area contributed by atoms with Crippen LogP contribution in [0.1, 0.15) is 17.0 Å². The Morgan fingerprint density at radius 3 is 2.38 bits per heavy atom. The minimum Gasteiger partial charge on any atom is -0.441 e. The maximum absolute atomic E-state index is 5.91. The fourth-order valence-corrected chi connectivity index (χ4v) is 4.35. The third-order valence-electron chi connectivity index (χ3n) is 5.07. The van der Waals surface area contributed by atoms with Gasteiger partial charge in [0.05, 0.1) is 12.2 Å². The molecule has 0 aliphatic rings. The van der Waals surface area contributed by atoms with Crippen molar-refractivity contribution in [3.8, 4) is 22.8 Å². The van der Waals surface area contributed by atoms with Crippen LogP contribution in [0.3, 0.4) is 0 Å². The van der Waals surface area contributed by atoms with E-state index in [1.165, 1.54) is 5.56 Å². The molecule has 3 heterocycles. The van der Waals surface area contributed by atoms with Gasteiger partial charge in [0.1, 0.15) is 5.76 Å². The first-order chi connectivity index (χ1) is 15.8. The Balaban J connectivity index is 1.43. The van der Waals surface area contributed by atoms with E-state index in [0.717, 1.165) is 33.6 Å². The third-order valence-corrected chi connectivity index (χ3v) is 6.05. The van der Waals surface area contributed by atoms with Gasteiger partial charge < -0.3 is 4.42 Å². The fourth-order valence-electron chi connectivity index (χ4n) is 3.41. The van der Waals surface area contributed by atoms with E-state index in [1.807, 2.05) is 73.8 Å². The van der Waals surface area contributed by atoms with Crippen molar-refractivity contribution in [2.75, 3.05) is 0 Å². The summed E-state index contributed by atoms with van der Waals surface area (Å²) in [4.78, 5) is 8.96. The molecule has 5 aromatic rings. The summed E-state index contributed by atoms with van der Waals surface area (Å²) in [6, 6.07) is 24.2. The van der Waals surface area contributed by atoms with Crippen molar-refractivity contribution in [1.29, 1.82) is 0 Å². The first-order valence-corrected chi connectivity index (χ1v) is 11.3. The summed E-state index contributed by atoms with van der Waals surface area (Å²) in [6.45, 7) is 2.62. The van der Waals surface area contributed by atoms with Gasteiger partial charge in [-0.3, -0.25) is 9.55 Å². The van der Waals surface area contributed by atoms with Crippen molar-refractivity contribution >= 4 is 11.8 Å². The van der Waals surface area contributed by atoms with Gasteiger partial charge in [-0.1, -0.05) is 60.3 Å². The molecular weight excluding hydrogens is 418 g/mol. The molecule has 0 N–H and O–H groups in total. The topological polar surface area (TPSA) is 69.6 Å². The average Bonchev–Trinajstić information content (AvgIpc) is 3.42.